The van der Waals surface area contributed by atoms with Gasteiger partial charge in [-0.25, -0.2) is 9.78 Å². The van der Waals surface area contributed by atoms with Crippen molar-refractivity contribution in [2.24, 2.45) is 0 Å². The molecule has 0 saturated carbocycles. The van der Waals surface area contributed by atoms with Crippen LogP contribution < -0.4 is 10.6 Å². The number of urea groups is 1. The highest BCUT2D eigenvalue weighted by molar-refractivity contribution is 7.13. The molecule has 6 heteroatoms. The van der Waals surface area contributed by atoms with Gasteiger partial charge in [-0.15, -0.1) is 11.3 Å². The van der Waals surface area contributed by atoms with E-state index < -0.39 is 0 Å². The molecule has 2 heterocycles. The van der Waals surface area contributed by atoms with E-state index in [0.717, 1.165) is 31.9 Å². The Hall–Kier alpha value is -1.14. The number of aromatic nitrogens is 1. The van der Waals surface area contributed by atoms with Crippen LogP contribution in [0.25, 0.3) is 0 Å². The molecule has 0 aliphatic carbocycles. The van der Waals surface area contributed by atoms with Crippen molar-refractivity contribution < 1.29 is 4.79 Å². The molecule has 0 spiro atoms. The van der Waals surface area contributed by atoms with Crippen molar-refractivity contribution in [1.29, 1.82) is 0 Å². The molecule has 0 bridgehead atoms. The van der Waals surface area contributed by atoms with Crippen LogP contribution in [0.3, 0.4) is 0 Å². The predicted octanol–water partition coefficient (Wildman–Crippen LogP) is 0.889. The lowest BCUT2D eigenvalue weighted by molar-refractivity contribution is 0.204. The molecular weight excluding hydrogens is 212 g/mol. The molecule has 15 heavy (non-hydrogen) atoms. The van der Waals surface area contributed by atoms with Crippen molar-refractivity contribution >= 4 is 22.5 Å². The van der Waals surface area contributed by atoms with Crippen LogP contribution in [0.4, 0.5) is 9.93 Å². The van der Waals surface area contributed by atoms with Gasteiger partial charge < -0.3 is 10.2 Å². The first kappa shape index (κ1) is 10.4. The summed E-state index contributed by atoms with van der Waals surface area (Å²) in [5.41, 5.74) is 0.940. The number of amides is 2. The second-order valence-corrected chi connectivity index (χ2v) is 4.32. The minimum absolute atomic E-state index is 0.0501. The van der Waals surface area contributed by atoms with Gasteiger partial charge in [0.1, 0.15) is 0 Å². The number of carbonyl (C=O) groups excluding carboxylic acids is 1. The van der Waals surface area contributed by atoms with Gasteiger partial charge in [0.15, 0.2) is 5.13 Å². The Kier molecular flexibility index (Phi) is 3.17. The third-order valence-corrected chi connectivity index (χ3v) is 3.11. The molecule has 2 N–H and O–H groups in total. The molecule has 1 saturated heterocycles. The van der Waals surface area contributed by atoms with Crippen LogP contribution in [0.2, 0.25) is 0 Å². The van der Waals surface area contributed by atoms with Crippen LogP contribution in [0.15, 0.2) is 5.38 Å². The molecule has 2 rings (SSSR count). The summed E-state index contributed by atoms with van der Waals surface area (Å²) >= 11 is 1.46. The van der Waals surface area contributed by atoms with Gasteiger partial charge >= 0.3 is 6.03 Å². The monoisotopic (exact) mass is 226 g/mol. The van der Waals surface area contributed by atoms with E-state index in [4.69, 9.17) is 0 Å². The fourth-order valence-electron chi connectivity index (χ4n) is 1.45. The van der Waals surface area contributed by atoms with Crippen molar-refractivity contribution in [2.45, 2.75) is 6.92 Å². The van der Waals surface area contributed by atoms with Gasteiger partial charge in [0.25, 0.3) is 0 Å². The molecule has 1 fully saturated rings. The van der Waals surface area contributed by atoms with Crippen LogP contribution in [0.5, 0.6) is 0 Å². The molecule has 1 aliphatic heterocycles. The largest absolute Gasteiger partial charge is 0.323 e. The first-order valence-corrected chi connectivity index (χ1v) is 5.82. The van der Waals surface area contributed by atoms with E-state index in [1.807, 2.05) is 12.3 Å². The van der Waals surface area contributed by atoms with Gasteiger partial charge in [0, 0.05) is 31.6 Å². The second-order valence-electron chi connectivity index (χ2n) is 3.46. The second kappa shape index (κ2) is 4.59. The first-order valence-electron chi connectivity index (χ1n) is 4.94. The van der Waals surface area contributed by atoms with E-state index in [2.05, 4.69) is 15.6 Å². The number of anilines is 1. The Morgan fingerprint density at radius 1 is 1.60 bits per heavy atom. The highest BCUT2D eigenvalue weighted by atomic mass is 32.1. The maximum absolute atomic E-state index is 11.7. The molecule has 2 amide bonds. The zero-order valence-electron chi connectivity index (χ0n) is 8.62. The average Bonchev–Trinajstić information content (AvgIpc) is 2.65. The number of nitrogens with one attached hydrogen (secondary N) is 2. The maximum Gasteiger partial charge on any atom is 0.323 e. The third-order valence-electron chi connectivity index (χ3n) is 2.24. The molecule has 1 aromatic heterocycles. The molecule has 0 atom stereocenters. The van der Waals surface area contributed by atoms with E-state index in [1.165, 1.54) is 11.3 Å². The molecular formula is C9H14N4OS. The number of thiazole rings is 1. The molecule has 0 radical (unpaired) electrons. The SMILES string of the molecule is Cc1csc(NC(=O)N2CCNCC2)n1. The van der Waals surface area contributed by atoms with Gasteiger partial charge in [-0.2, -0.15) is 0 Å². The number of aryl methyl sites for hydroxylation is 1. The number of nitrogens with zero attached hydrogens (tertiary/aromatic N) is 2. The van der Waals surface area contributed by atoms with E-state index in [1.54, 1.807) is 4.90 Å². The highest BCUT2D eigenvalue weighted by Gasteiger charge is 2.16. The fraction of sp³-hybridized carbons (Fsp3) is 0.556. The lowest BCUT2D eigenvalue weighted by atomic mass is 10.4. The quantitative estimate of drug-likeness (QED) is 0.747. The molecule has 1 aromatic rings. The van der Waals surface area contributed by atoms with Gasteiger partial charge in [-0.05, 0) is 6.92 Å². The van der Waals surface area contributed by atoms with Crippen LogP contribution in [0.1, 0.15) is 5.69 Å². The van der Waals surface area contributed by atoms with Gasteiger partial charge in [-0.3, -0.25) is 5.32 Å². The van der Waals surface area contributed by atoms with E-state index >= 15 is 0 Å². The maximum atomic E-state index is 11.7. The Morgan fingerprint density at radius 2 is 2.33 bits per heavy atom. The minimum Gasteiger partial charge on any atom is -0.322 e. The van der Waals surface area contributed by atoms with E-state index in [-0.39, 0.29) is 6.03 Å². The Labute approximate surface area is 92.5 Å². The van der Waals surface area contributed by atoms with E-state index in [9.17, 15) is 4.79 Å². The van der Waals surface area contributed by atoms with Gasteiger partial charge in [0.05, 0.1) is 5.69 Å². The molecule has 1 aliphatic rings. The average molecular weight is 226 g/mol. The fourth-order valence-corrected chi connectivity index (χ4v) is 2.13. The van der Waals surface area contributed by atoms with Gasteiger partial charge in [0.2, 0.25) is 0 Å². The first-order chi connectivity index (χ1) is 7.25. The lowest BCUT2D eigenvalue weighted by Crippen LogP contribution is -2.48. The standard InChI is InChI=1S/C9H14N4OS/c1-7-6-15-8(11-7)12-9(14)13-4-2-10-3-5-13/h6,10H,2-5H2,1H3,(H,11,12,14). The Bertz CT molecular complexity index is 346. The predicted molar refractivity (Wildman–Crippen MR) is 60.3 cm³/mol. The summed E-state index contributed by atoms with van der Waals surface area (Å²) in [6, 6.07) is -0.0501. The number of rotatable bonds is 1. The van der Waals surface area contributed by atoms with Crippen LogP contribution in [-0.4, -0.2) is 42.1 Å². The third kappa shape index (κ3) is 2.66. The number of piperazine rings is 1. The summed E-state index contributed by atoms with van der Waals surface area (Å²) < 4.78 is 0. The summed E-state index contributed by atoms with van der Waals surface area (Å²) in [7, 11) is 0. The molecule has 5 nitrogen and oxygen atoms in total. The molecule has 82 valence electrons. The van der Waals surface area contributed by atoms with Crippen LogP contribution in [-0.2, 0) is 0 Å². The Morgan fingerprint density at radius 3 is 2.93 bits per heavy atom. The number of hydrogen-bond donors (Lipinski definition) is 2. The lowest BCUT2D eigenvalue weighted by Gasteiger charge is -2.26. The zero-order valence-corrected chi connectivity index (χ0v) is 9.43. The summed E-state index contributed by atoms with van der Waals surface area (Å²) in [6.07, 6.45) is 0. The van der Waals surface area contributed by atoms with Crippen molar-refractivity contribution in [2.75, 3.05) is 31.5 Å². The van der Waals surface area contributed by atoms with Crippen LogP contribution in [0, 0.1) is 6.92 Å². The number of hydrogen-bond acceptors (Lipinski definition) is 4. The molecule has 0 aromatic carbocycles. The van der Waals surface area contributed by atoms with Crippen molar-refractivity contribution in [1.82, 2.24) is 15.2 Å². The smallest absolute Gasteiger partial charge is 0.322 e. The van der Waals surface area contributed by atoms with Crippen molar-refractivity contribution in [3.05, 3.63) is 11.1 Å². The number of carbonyl (C=O) groups is 1. The normalized spacial score (nSPS) is 16.5. The highest BCUT2D eigenvalue weighted by Crippen LogP contribution is 2.14. The summed E-state index contributed by atoms with van der Waals surface area (Å²) in [5, 5.41) is 8.60. The van der Waals surface area contributed by atoms with E-state index in [0.29, 0.717) is 5.13 Å². The van der Waals surface area contributed by atoms with Crippen LogP contribution >= 0.6 is 11.3 Å². The van der Waals surface area contributed by atoms with Gasteiger partial charge in [-0.1, -0.05) is 0 Å². The van der Waals surface area contributed by atoms with Crippen molar-refractivity contribution in [3.63, 3.8) is 0 Å². The summed E-state index contributed by atoms with van der Waals surface area (Å²) in [6.45, 7) is 5.16. The minimum atomic E-state index is -0.0501. The molecule has 0 unspecified atom stereocenters. The summed E-state index contributed by atoms with van der Waals surface area (Å²) in [4.78, 5) is 17.7. The Balaban J connectivity index is 1.91. The zero-order chi connectivity index (χ0) is 10.7. The topological polar surface area (TPSA) is 57.3 Å². The summed E-state index contributed by atoms with van der Waals surface area (Å²) in [5.74, 6) is 0. The van der Waals surface area contributed by atoms with Crippen molar-refractivity contribution in [3.8, 4) is 0 Å².